The van der Waals surface area contributed by atoms with E-state index in [0.29, 0.717) is 28.2 Å². The molecule has 0 radical (unpaired) electrons. The third kappa shape index (κ3) is 2.42. The van der Waals surface area contributed by atoms with Gasteiger partial charge in [-0.1, -0.05) is 23.2 Å². The summed E-state index contributed by atoms with van der Waals surface area (Å²) in [6.07, 6.45) is 0. The van der Waals surface area contributed by atoms with Crippen LogP contribution in [0.1, 0.15) is 6.92 Å². The SMILES string of the molecule is CCOc1cc(Cl)c(OC)c(Cl)c1. The van der Waals surface area contributed by atoms with Gasteiger partial charge in [-0.3, -0.25) is 0 Å². The predicted molar refractivity (Wildman–Crippen MR) is 54.2 cm³/mol. The standard InChI is InChI=1S/C9H10Cl2O2/c1-3-13-6-4-7(10)9(12-2)8(11)5-6/h4-5H,3H2,1-2H3. The zero-order chi connectivity index (χ0) is 9.84. The lowest BCUT2D eigenvalue weighted by Gasteiger charge is -2.08. The van der Waals surface area contributed by atoms with E-state index in [-0.39, 0.29) is 0 Å². The molecule has 0 aliphatic rings. The first-order valence-corrected chi connectivity index (χ1v) is 4.60. The fraction of sp³-hybridized carbons (Fsp3) is 0.333. The second-order valence-corrected chi connectivity index (χ2v) is 3.17. The predicted octanol–water partition coefficient (Wildman–Crippen LogP) is 3.40. The first-order chi connectivity index (χ1) is 6.19. The van der Waals surface area contributed by atoms with E-state index in [1.807, 2.05) is 6.92 Å². The highest BCUT2D eigenvalue weighted by Crippen LogP contribution is 2.36. The minimum Gasteiger partial charge on any atom is -0.494 e. The summed E-state index contributed by atoms with van der Waals surface area (Å²) in [5.74, 6) is 1.13. The fourth-order valence-corrected chi connectivity index (χ4v) is 1.60. The van der Waals surface area contributed by atoms with Crippen molar-refractivity contribution in [3.8, 4) is 11.5 Å². The Labute approximate surface area is 87.4 Å². The summed E-state index contributed by atoms with van der Waals surface area (Å²) >= 11 is 11.8. The van der Waals surface area contributed by atoms with Gasteiger partial charge < -0.3 is 9.47 Å². The maximum Gasteiger partial charge on any atom is 0.156 e. The number of ether oxygens (including phenoxy) is 2. The van der Waals surface area contributed by atoms with E-state index in [1.54, 1.807) is 12.1 Å². The van der Waals surface area contributed by atoms with Gasteiger partial charge in [0.1, 0.15) is 5.75 Å². The average Bonchev–Trinajstić information content (AvgIpc) is 2.04. The lowest BCUT2D eigenvalue weighted by atomic mass is 10.3. The van der Waals surface area contributed by atoms with Crippen molar-refractivity contribution in [1.29, 1.82) is 0 Å². The van der Waals surface area contributed by atoms with Gasteiger partial charge in [-0.2, -0.15) is 0 Å². The van der Waals surface area contributed by atoms with Gasteiger partial charge >= 0.3 is 0 Å². The maximum atomic E-state index is 5.88. The van der Waals surface area contributed by atoms with Gasteiger partial charge in [-0.15, -0.1) is 0 Å². The third-order valence-corrected chi connectivity index (χ3v) is 2.05. The molecule has 1 aromatic carbocycles. The number of hydrogen-bond acceptors (Lipinski definition) is 2. The van der Waals surface area contributed by atoms with Crippen LogP contribution in [0.4, 0.5) is 0 Å². The minimum absolute atomic E-state index is 0.457. The number of benzene rings is 1. The highest BCUT2D eigenvalue weighted by atomic mass is 35.5. The smallest absolute Gasteiger partial charge is 0.156 e. The highest BCUT2D eigenvalue weighted by Gasteiger charge is 2.08. The molecule has 0 bridgehead atoms. The van der Waals surface area contributed by atoms with Gasteiger partial charge in [-0.05, 0) is 6.92 Å². The average molecular weight is 221 g/mol. The van der Waals surface area contributed by atoms with Crippen molar-refractivity contribution in [3.05, 3.63) is 22.2 Å². The summed E-state index contributed by atoms with van der Waals surface area (Å²) in [6.45, 7) is 2.48. The van der Waals surface area contributed by atoms with Gasteiger partial charge in [-0.25, -0.2) is 0 Å². The molecule has 72 valence electrons. The summed E-state index contributed by atoms with van der Waals surface area (Å²) in [7, 11) is 1.52. The molecule has 0 aromatic heterocycles. The molecule has 0 saturated heterocycles. The van der Waals surface area contributed by atoms with E-state index in [0.717, 1.165) is 0 Å². The molecule has 0 unspecified atom stereocenters. The van der Waals surface area contributed by atoms with Crippen LogP contribution < -0.4 is 9.47 Å². The Bertz CT molecular complexity index is 277. The van der Waals surface area contributed by atoms with E-state index in [2.05, 4.69) is 0 Å². The molecule has 0 heterocycles. The number of rotatable bonds is 3. The number of methoxy groups -OCH3 is 1. The van der Waals surface area contributed by atoms with E-state index in [4.69, 9.17) is 32.7 Å². The molecule has 0 saturated carbocycles. The van der Waals surface area contributed by atoms with Crippen molar-refractivity contribution in [1.82, 2.24) is 0 Å². The monoisotopic (exact) mass is 220 g/mol. The van der Waals surface area contributed by atoms with Crippen LogP contribution in [-0.2, 0) is 0 Å². The fourth-order valence-electron chi connectivity index (χ4n) is 0.982. The molecule has 4 heteroatoms. The first kappa shape index (κ1) is 10.5. The molecule has 1 rings (SSSR count). The topological polar surface area (TPSA) is 18.5 Å². The second kappa shape index (κ2) is 4.58. The molecule has 1 aromatic rings. The van der Waals surface area contributed by atoms with Crippen molar-refractivity contribution in [2.75, 3.05) is 13.7 Å². The van der Waals surface area contributed by atoms with Gasteiger partial charge in [0.2, 0.25) is 0 Å². The maximum absolute atomic E-state index is 5.88. The van der Waals surface area contributed by atoms with Gasteiger partial charge in [0, 0.05) is 12.1 Å². The lowest BCUT2D eigenvalue weighted by molar-refractivity contribution is 0.339. The molecule has 0 amide bonds. The normalized spacial score (nSPS) is 9.85. The molecule has 0 atom stereocenters. The Kier molecular flexibility index (Phi) is 3.70. The van der Waals surface area contributed by atoms with Crippen LogP contribution in [0.25, 0.3) is 0 Å². The Morgan fingerprint density at radius 1 is 1.23 bits per heavy atom. The van der Waals surface area contributed by atoms with Crippen LogP contribution in [0.15, 0.2) is 12.1 Å². The van der Waals surface area contributed by atoms with Crippen LogP contribution in [0.3, 0.4) is 0 Å². The molecule has 0 spiro atoms. The third-order valence-electron chi connectivity index (χ3n) is 1.49. The van der Waals surface area contributed by atoms with Crippen LogP contribution in [0, 0.1) is 0 Å². The Hall–Kier alpha value is -0.600. The van der Waals surface area contributed by atoms with Crippen LogP contribution in [-0.4, -0.2) is 13.7 Å². The second-order valence-electron chi connectivity index (χ2n) is 2.35. The van der Waals surface area contributed by atoms with Crippen LogP contribution in [0.2, 0.25) is 10.0 Å². The first-order valence-electron chi connectivity index (χ1n) is 3.84. The van der Waals surface area contributed by atoms with E-state index in [1.165, 1.54) is 7.11 Å². The molecular weight excluding hydrogens is 211 g/mol. The van der Waals surface area contributed by atoms with Crippen LogP contribution >= 0.6 is 23.2 Å². The molecule has 13 heavy (non-hydrogen) atoms. The van der Waals surface area contributed by atoms with Crippen LogP contribution in [0.5, 0.6) is 11.5 Å². The summed E-state index contributed by atoms with van der Waals surface area (Å²) < 4.78 is 10.2. The van der Waals surface area contributed by atoms with Crippen molar-refractivity contribution in [3.63, 3.8) is 0 Å². The molecule has 0 N–H and O–H groups in total. The lowest BCUT2D eigenvalue weighted by Crippen LogP contribution is -1.93. The quantitative estimate of drug-likeness (QED) is 0.778. The Morgan fingerprint density at radius 2 is 1.77 bits per heavy atom. The number of hydrogen-bond donors (Lipinski definition) is 0. The highest BCUT2D eigenvalue weighted by molar-refractivity contribution is 6.37. The van der Waals surface area contributed by atoms with Crippen molar-refractivity contribution >= 4 is 23.2 Å². The molecule has 0 fully saturated rings. The van der Waals surface area contributed by atoms with Gasteiger partial charge in [0.05, 0.1) is 23.8 Å². The molecule has 0 aliphatic carbocycles. The molecule has 2 nitrogen and oxygen atoms in total. The summed E-state index contributed by atoms with van der Waals surface area (Å²) in [4.78, 5) is 0. The van der Waals surface area contributed by atoms with E-state index in [9.17, 15) is 0 Å². The van der Waals surface area contributed by atoms with Crippen molar-refractivity contribution < 1.29 is 9.47 Å². The van der Waals surface area contributed by atoms with E-state index >= 15 is 0 Å². The largest absolute Gasteiger partial charge is 0.494 e. The zero-order valence-corrected chi connectivity index (χ0v) is 8.95. The molecular formula is C9H10Cl2O2. The van der Waals surface area contributed by atoms with E-state index < -0.39 is 0 Å². The van der Waals surface area contributed by atoms with Gasteiger partial charge in [0.15, 0.2) is 5.75 Å². The van der Waals surface area contributed by atoms with Crippen molar-refractivity contribution in [2.45, 2.75) is 6.92 Å². The number of halogens is 2. The Balaban J connectivity index is 3.05. The molecule has 0 aliphatic heterocycles. The summed E-state index contributed by atoms with van der Waals surface area (Å²) in [5.41, 5.74) is 0. The minimum atomic E-state index is 0.457. The zero-order valence-electron chi connectivity index (χ0n) is 7.43. The van der Waals surface area contributed by atoms with Gasteiger partial charge in [0.25, 0.3) is 0 Å². The summed E-state index contributed by atoms with van der Waals surface area (Å²) in [5, 5.41) is 0.914. The summed E-state index contributed by atoms with van der Waals surface area (Å²) in [6, 6.07) is 3.35. The van der Waals surface area contributed by atoms with Crippen molar-refractivity contribution in [2.24, 2.45) is 0 Å². The Morgan fingerprint density at radius 3 is 2.15 bits per heavy atom.